The second-order valence-electron chi connectivity index (χ2n) is 6.46. The number of nitrogens with one attached hydrogen (secondary N) is 1. The van der Waals surface area contributed by atoms with Crippen LogP contribution in [0.2, 0.25) is 5.02 Å². The van der Waals surface area contributed by atoms with E-state index in [4.69, 9.17) is 11.6 Å². The lowest BCUT2D eigenvalue weighted by molar-refractivity contribution is -0.122. The molecule has 0 aliphatic rings. The molecule has 1 aromatic carbocycles. The van der Waals surface area contributed by atoms with Gasteiger partial charge in [-0.05, 0) is 25.0 Å². The molecule has 0 aliphatic carbocycles. The molecule has 0 bridgehead atoms. The van der Waals surface area contributed by atoms with Crippen LogP contribution in [-0.2, 0) is 17.9 Å². The summed E-state index contributed by atoms with van der Waals surface area (Å²) in [5, 5.41) is 3.25. The van der Waals surface area contributed by atoms with Gasteiger partial charge in [-0.15, -0.1) is 0 Å². The number of rotatable bonds is 6. The molecule has 0 spiro atoms. The third-order valence-electron chi connectivity index (χ3n) is 4.45. The molecule has 146 valence electrons. The van der Waals surface area contributed by atoms with E-state index in [0.29, 0.717) is 10.6 Å². The zero-order chi connectivity index (χ0) is 20.3. The third-order valence-corrected chi connectivity index (χ3v) is 4.82. The molecule has 0 saturated carbocycles. The summed E-state index contributed by atoms with van der Waals surface area (Å²) in [5.74, 6) is -0.341. The minimum Gasteiger partial charge on any atom is -0.352 e. The number of nitrogens with zero attached hydrogens (tertiary/aromatic N) is 4. The second kappa shape index (κ2) is 8.35. The maximum absolute atomic E-state index is 13.0. The van der Waals surface area contributed by atoms with Crippen LogP contribution >= 0.6 is 11.6 Å². The fourth-order valence-corrected chi connectivity index (χ4v) is 2.97. The van der Waals surface area contributed by atoms with Crippen molar-refractivity contribution in [3.05, 3.63) is 68.1 Å². The van der Waals surface area contributed by atoms with Gasteiger partial charge < -0.3 is 5.32 Å². The first kappa shape index (κ1) is 19.8. The molecule has 3 aromatic rings. The van der Waals surface area contributed by atoms with Gasteiger partial charge in [0.15, 0.2) is 11.2 Å². The van der Waals surface area contributed by atoms with E-state index in [1.54, 1.807) is 24.3 Å². The molecule has 2 aromatic heterocycles. The van der Waals surface area contributed by atoms with Crippen molar-refractivity contribution in [1.82, 2.24) is 24.4 Å². The monoisotopic (exact) mass is 401 g/mol. The SMILES string of the molecule is CCC(C)NC(=O)Cn1c(=O)n(Cc2ccccc2Cl)c(=O)c2nccnc21. The molecule has 0 saturated heterocycles. The zero-order valence-corrected chi connectivity index (χ0v) is 16.3. The number of benzene rings is 1. The van der Waals surface area contributed by atoms with Crippen molar-refractivity contribution in [2.45, 2.75) is 39.4 Å². The van der Waals surface area contributed by atoms with Crippen molar-refractivity contribution >= 4 is 28.7 Å². The maximum atomic E-state index is 13.0. The van der Waals surface area contributed by atoms with E-state index in [-0.39, 0.29) is 36.2 Å². The minimum atomic E-state index is -0.641. The molecule has 8 nitrogen and oxygen atoms in total. The zero-order valence-electron chi connectivity index (χ0n) is 15.6. The lowest BCUT2D eigenvalue weighted by Crippen LogP contribution is -2.44. The summed E-state index contributed by atoms with van der Waals surface area (Å²) in [5.41, 5.74) is -0.510. The van der Waals surface area contributed by atoms with Gasteiger partial charge in [0.05, 0.1) is 6.54 Å². The van der Waals surface area contributed by atoms with E-state index in [1.807, 2.05) is 13.8 Å². The Morgan fingerprint density at radius 1 is 1.18 bits per heavy atom. The van der Waals surface area contributed by atoms with Crippen LogP contribution in [0, 0.1) is 0 Å². The van der Waals surface area contributed by atoms with Gasteiger partial charge in [0.2, 0.25) is 5.91 Å². The van der Waals surface area contributed by atoms with Crippen LogP contribution < -0.4 is 16.6 Å². The molecule has 1 amide bonds. The first-order valence-corrected chi connectivity index (χ1v) is 9.27. The largest absolute Gasteiger partial charge is 0.352 e. The first-order valence-electron chi connectivity index (χ1n) is 8.89. The molecule has 28 heavy (non-hydrogen) atoms. The van der Waals surface area contributed by atoms with Crippen LogP contribution in [0.1, 0.15) is 25.8 Å². The van der Waals surface area contributed by atoms with E-state index >= 15 is 0 Å². The summed E-state index contributed by atoms with van der Waals surface area (Å²) in [6.07, 6.45) is 3.51. The number of halogens is 1. The maximum Gasteiger partial charge on any atom is 0.333 e. The fraction of sp³-hybridized carbons (Fsp3) is 0.316. The Bertz CT molecular complexity index is 1140. The fourth-order valence-electron chi connectivity index (χ4n) is 2.78. The number of carbonyl (C=O) groups excluding carboxylic acids is 1. The lowest BCUT2D eigenvalue weighted by Gasteiger charge is -2.15. The van der Waals surface area contributed by atoms with Gasteiger partial charge in [-0.1, -0.05) is 36.7 Å². The molecule has 0 fully saturated rings. The van der Waals surface area contributed by atoms with E-state index < -0.39 is 11.2 Å². The predicted molar refractivity (Wildman–Crippen MR) is 107 cm³/mol. The number of hydrogen-bond acceptors (Lipinski definition) is 5. The van der Waals surface area contributed by atoms with E-state index in [1.165, 1.54) is 12.4 Å². The lowest BCUT2D eigenvalue weighted by atomic mass is 10.2. The standard InChI is InChI=1S/C19H20ClN5O3/c1-3-12(2)23-15(26)11-24-17-16(21-8-9-22-17)18(27)25(19(24)28)10-13-6-4-5-7-14(13)20/h4-9,12H,3,10-11H2,1-2H3,(H,23,26). The molecule has 1 N–H and O–H groups in total. The normalized spacial score (nSPS) is 12.1. The van der Waals surface area contributed by atoms with E-state index in [0.717, 1.165) is 15.6 Å². The highest BCUT2D eigenvalue weighted by Crippen LogP contribution is 2.15. The highest BCUT2D eigenvalue weighted by Gasteiger charge is 2.18. The van der Waals surface area contributed by atoms with Crippen LogP contribution in [0.5, 0.6) is 0 Å². The van der Waals surface area contributed by atoms with Gasteiger partial charge in [0.1, 0.15) is 6.54 Å². The molecule has 1 unspecified atom stereocenters. The quantitative estimate of drug-likeness (QED) is 0.676. The third kappa shape index (κ3) is 3.96. The highest BCUT2D eigenvalue weighted by atomic mass is 35.5. The Kier molecular flexibility index (Phi) is 5.89. The van der Waals surface area contributed by atoms with Crippen molar-refractivity contribution in [2.75, 3.05) is 0 Å². The van der Waals surface area contributed by atoms with Gasteiger partial charge in [-0.2, -0.15) is 0 Å². The molecule has 0 radical (unpaired) electrons. The molecule has 2 heterocycles. The topological polar surface area (TPSA) is 98.9 Å². The molecule has 0 aliphatic heterocycles. The summed E-state index contributed by atoms with van der Waals surface area (Å²) in [7, 11) is 0. The predicted octanol–water partition coefficient (Wildman–Crippen LogP) is 1.57. The van der Waals surface area contributed by atoms with Crippen molar-refractivity contribution < 1.29 is 4.79 Å². The van der Waals surface area contributed by atoms with Crippen LogP contribution in [0.4, 0.5) is 0 Å². The minimum absolute atomic E-state index is 0.0190. The van der Waals surface area contributed by atoms with Crippen LogP contribution in [0.25, 0.3) is 11.2 Å². The number of carbonyl (C=O) groups is 1. The molecular formula is C19H20ClN5O3. The smallest absolute Gasteiger partial charge is 0.333 e. The van der Waals surface area contributed by atoms with Crippen LogP contribution in [0.3, 0.4) is 0 Å². The Morgan fingerprint density at radius 3 is 2.61 bits per heavy atom. The molecular weight excluding hydrogens is 382 g/mol. The Balaban J connectivity index is 2.13. The average Bonchev–Trinajstić information content (AvgIpc) is 2.69. The van der Waals surface area contributed by atoms with Gasteiger partial charge in [-0.3, -0.25) is 18.7 Å². The summed E-state index contributed by atoms with van der Waals surface area (Å²) in [6, 6.07) is 6.91. The molecule has 3 rings (SSSR count). The number of hydrogen-bond donors (Lipinski definition) is 1. The number of fused-ring (bicyclic) bond motifs is 1. The summed E-state index contributed by atoms with van der Waals surface area (Å²) >= 11 is 6.18. The van der Waals surface area contributed by atoms with Crippen molar-refractivity contribution in [3.8, 4) is 0 Å². The molecule has 1 atom stereocenters. The van der Waals surface area contributed by atoms with Crippen LogP contribution in [0.15, 0.2) is 46.2 Å². The van der Waals surface area contributed by atoms with Crippen LogP contribution in [-0.4, -0.2) is 31.1 Å². The highest BCUT2D eigenvalue weighted by molar-refractivity contribution is 6.31. The molecule has 9 heteroatoms. The van der Waals surface area contributed by atoms with Gasteiger partial charge in [-0.25, -0.2) is 14.8 Å². The van der Waals surface area contributed by atoms with Gasteiger partial charge in [0, 0.05) is 23.5 Å². The Morgan fingerprint density at radius 2 is 1.89 bits per heavy atom. The van der Waals surface area contributed by atoms with Gasteiger partial charge in [0.25, 0.3) is 5.56 Å². The van der Waals surface area contributed by atoms with Crippen molar-refractivity contribution in [2.24, 2.45) is 0 Å². The van der Waals surface area contributed by atoms with Crippen molar-refractivity contribution in [1.29, 1.82) is 0 Å². The number of amides is 1. The summed E-state index contributed by atoms with van der Waals surface area (Å²) < 4.78 is 2.19. The Labute approximate surface area is 165 Å². The summed E-state index contributed by atoms with van der Waals surface area (Å²) in [4.78, 5) is 46.4. The van der Waals surface area contributed by atoms with E-state index in [9.17, 15) is 14.4 Å². The van der Waals surface area contributed by atoms with E-state index in [2.05, 4.69) is 15.3 Å². The van der Waals surface area contributed by atoms with Gasteiger partial charge >= 0.3 is 5.69 Å². The average molecular weight is 402 g/mol. The summed E-state index contributed by atoms with van der Waals surface area (Å²) in [6.45, 7) is 3.52. The van der Waals surface area contributed by atoms with Crippen molar-refractivity contribution in [3.63, 3.8) is 0 Å². The Hall–Kier alpha value is -3.00. The first-order chi connectivity index (χ1) is 13.4. The number of aromatic nitrogens is 4. The second-order valence-corrected chi connectivity index (χ2v) is 6.86.